The highest BCUT2D eigenvalue weighted by molar-refractivity contribution is 5.35. The molecule has 0 saturated carbocycles. The molecule has 0 amide bonds. The zero-order valence-electron chi connectivity index (χ0n) is 10.3. The first kappa shape index (κ1) is 12.6. The number of hydrogen-bond acceptors (Lipinski definition) is 3. The molecule has 5 heteroatoms. The Morgan fingerprint density at radius 2 is 2.28 bits per heavy atom. The van der Waals surface area contributed by atoms with Crippen molar-refractivity contribution in [2.75, 3.05) is 0 Å². The molecule has 2 rings (SSSR count). The monoisotopic (exact) mass is 250 g/mol. The quantitative estimate of drug-likeness (QED) is 0.904. The lowest BCUT2D eigenvalue weighted by Gasteiger charge is -2.12. The second-order valence-electron chi connectivity index (χ2n) is 4.17. The van der Waals surface area contributed by atoms with Crippen LogP contribution in [0.2, 0.25) is 0 Å². The van der Waals surface area contributed by atoms with Gasteiger partial charge in [-0.15, -0.1) is 0 Å². The van der Waals surface area contributed by atoms with Crippen molar-refractivity contribution in [2.45, 2.75) is 19.6 Å². The third kappa shape index (κ3) is 2.87. The predicted octanol–water partition coefficient (Wildman–Crippen LogP) is 2.19. The fourth-order valence-electron chi connectivity index (χ4n) is 1.69. The topological polar surface area (TPSA) is 47.3 Å². The number of halogens is 1. The summed E-state index contributed by atoms with van der Waals surface area (Å²) in [6.07, 6.45) is 2.80. The first-order valence-electron chi connectivity index (χ1n) is 5.64. The number of aliphatic hydroxyl groups is 1. The van der Waals surface area contributed by atoms with Crippen molar-refractivity contribution in [1.82, 2.24) is 9.78 Å². The highest BCUT2D eigenvalue weighted by atomic mass is 19.1. The van der Waals surface area contributed by atoms with Crippen LogP contribution in [-0.4, -0.2) is 14.9 Å². The van der Waals surface area contributed by atoms with Gasteiger partial charge in [0.25, 0.3) is 0 Å². The fourth-order valence-corrected chi connectivity index (χ4v) is 1.69. The number of nitrogens with zero attached hydrogens (tertiary/aromatic N) is 2. The van der Waals surface area contributed by atoms with E-state index in [1.807, 2.05) is 13.2 Å². The summed E-state index contributed by atoms with van der Waals surface area (Å²) in [6, 6.07) is 4.11. The van der Waals surface area contributed by atoms with Gasteiger partial charge in [-0.25, -0.2) is 4.39 Å². The van der Waals surface area contributed by atoms with Crippen molar-refractivity contribution in [2.24, 2.45) is 7.05 Å². The number of aliphatic hydroxyl groups excluding tert-OH is 1. The molecule has 1 heterocycles. The summed E-state index contributed by atoms with van der Waals surface area (Å²) in [5.41, 5.74) is 1.46. The van der Waals surface area contributed by atoms with Crippen molar-refractivity contribution in [3.63, 3.8) is 0 Å². The summed E-state index contributed by atoms with van der Waals surface area (Å²) in [5.74, 6) is -0.0329. The van der Waals surface area contributed by atoms with Gasteiger partial charge < -0.3 is 9.84 Å². The Labute approximate surface area is 105 Å². The van der Waals surface area contributed by atoms with Crippen LogP contribution in [-0.2, 0) is 13.7 Å². The normalized spacial score (nSPS) is 12.4. The molecule has 1 aromatic heterocycles. The Morgan fingerprint density at radius 1 is 1.50 bits per heavy atom. The van der Waals surface area contributed by atoms with Crippen molar-refractivity contribution in [1.29, 1.82) is 0 Å². The molecule has 0 aliphatic rings. The molecule has 18 heavy (non-hydrogen) atoms. The van der Waals surface area contributed by atoms with Gasteiger partial charge >= 0.3 is 0 Å². The van der Waals surface area contributed by atoms with Gasteiger partial charge in [0.05, 0.1) is 12.3 Å². The van der Waals surface area contributed by atoms with Gasteiger partial charge in [-0.05, 0) is 19.1 Å². The number of ether oxygens (including phenoxy) is 1. The van der Waals surface area contributed by atoms with Crippen molar-refractivity contribution >= 4 is 0 Å². The van der Waals surface area contributed by atoms with E-state index >= 15 is 0 Å². The Hall–Kier alpha value is -1.88. The summed E-state index contributed by atoms with van der Waals surface area (Å²) in [4.78, 5) is 0. The van der Waals surface area contributed by atoms with Crippen LogP contribution in [0.4, 0.5) is 4.39 Å². The maximum atomic E-state index is 13.2. The zero-order chi connectivity index (χ0) is 13.1. The minimum Gasteiger partial charge on any atom is -0.488 e. The molecule has 1 aromatic carbocycles. The molecule has 0 radical (unpaired) electrons. The minimum atomic E-state index is -0.700. The number of rotatable bonds is 4. The summed E-state index contributed by atoms with van der Waals surface area (Å²) in [6.45, 7) is 1.90. The summed E-state index contributed by atoms with van der Waals surface area (Å²) >= 11 is 0. The lowest BCUT2D eigenvalue weighted by molar-refractivity contribution is 0.190. The van der Waals surface area contributed by atoms with Gasteiger partial charge in [-0.2, -0.15) is 5.10 Å². The lowest BCUT2D eigenvalue weighted by atomic mass is 10.1. The van der Waals surface area contributed by atoms with E-state index in [4.69, 9.17) is 4.74 Å². The maximum absolute atomic E-state index is 13.2. The molecule has 4 nitrogen and oxygen atoms in total. The van der Waals surface area contributed by atoms with E-state index in [0.29, 0.717) is 11.3 Å². The zero-order valence-corrected chi connectivity index (χ0v) is 10.3. The van der Waals surface area contributed by atoms with Gasteiger partial charge in [0.1, 0.15) is 18.2 Å². The van der Waals surface area contributed by atoms with Crippen LogP contribution >= 0.6 is 0 Å². The largest absolute Gasteiger partial charge is 0.488 e. The lowest BCUT2D eigenvalue weighted by Crippen LogP contribution is -2.01. The molecule has 1 unspecified atom stereocenters. The van der Waals surface area contributed by atoms with Crippen LogP contribution in [0.15, 0.2) is 30.6 Å². The maximum Gasteiger partial charge on any atom is 0.128 e. The molecule has 1 N–H and O–H groups in total. The molecule has 0 spiro atoms. The average Bonchev–Trinajstić information content (AvgIpc) is 2.72. The molecule has 96 valence electrons. The van der Waals surface area contributed by atoms with Crippen LogP contribution in [0.5, 0.6) is 5.75 Å². The SMILES string of the molecule is CC(O)c1ccc(F)cc1OCc1cnn(C)c1. The second-order valence-corrected chi connectivity index (χ2v) is 4.17. The van der Waals surface area contributed by atoms with Gasteiger partial charge in [0, 0.05) is 30.4 Å². The van der Waals surface area contributed by atoms with E-state index in [1.165, 1.54) is 18.2 Å². The first-order chi connectivity index (χ1) is 8.56. The summed E-state index contributed by atoms with van der Waals surface area (Å²) in [5, 5.41) is 13.6. The molecule has 0 aliphatic heterocycles. The fraction of sp³-hybridized carbons (Fsp3) is 0.308. The Kier molecular flexibility index (Phi) is 3.62. The van der Waals surface area contributed by atoms with Crippen molar-refractivity contribution in [3.05, 3.63) is 47.5 Å². The third-order valence-electron chi connectivity index (χ3n) is 2.58. The Morgan fingerprint density at radius 3 is 2.89 bits per heavy atom. The van der Waals surface area contributed by atoms with E-state index in [2.05, 4.69) is 5.10 Å². The van der Waals surface area contributed by atoms with Crippen LogP contribution in [0.25, 0.3) is 0 Å². The molecule has 0 fully saturated rings. The Bertz CT molecular complexity index is 538. The molecular weight excluding hydrogens is 235 g/mol. The van der Waals surface area contributed by atoms with Gasteiger partial charge in [0.2, 0.25) is 0 Å². The third-order valence-corrected chi connectivity index (χ3v) is 2.58. The summed E-state index contributed by atoms with van der Waals surface area (Å²) in [7, 11) is 1.81. The van der Waals surface area contributed by atoms with E-state index in [-0.39, 0.29) is 12.4 Å². The first-order valence-corrected chi connectivity index (χ1v) is 5.64. The smallest absolute Gasteiger partial charge is 0.128 e. The highest BCUT2D eigenvalue weighted by Crippen LogP contribution is 2.26. The Balaban J connectivity index is 2.15. The molecule has 0 saturated heterocycles. The standard InChI is InChI=1S/C13H15FN2O2/c1-9(17)12-4-3-11(14)5-13(12)18-8-10-6-15-16(2)7-10/h3-7,9,17H,8H2,1-2H3. The minimum absolute atomic E-state index is 0.289. The van der Waals surface area contributed by atoms with Crippen LogP contribution in [0.1, 0.15) is 24.2 Å². The molecule has 2 aromatic rings. The number of hydrogen-bond donors (Lipinski definition) is 1. The van der Waals surface area contributed by atoms with E-state index in [0.717, 1.165) is 5.56 Å². The van der Waals surface area contributed by atoms with E-state index < -0.39 is 6.10 Å². The van der Waals surface area contributed by atoms with Gasteiger partial charge in [-0.1, -0.05) is 0 Å². The van der Waals surface area contributed by atoms with Crippen LogP contribution < -0.4 is 4.74 Å². The van der Waals surface area contributed by atoms with Crippen molar-refractivity contribution in [3.8, 4) is 5.75 Å². The molecule has 0 bridgehead atoms. The van der Waals surface area contributed by atoms with E-state index in [9.17, 15) is 9.50 Å². The summed E-state index contributed by atoms with van der Waals surface area (Å²) < 4.78 is 20.4. The predicted molar refractivity (Wildman–Crippen MR) is 64.6 cm³/mol. The molecule has 1 atom stereocenters. The van der Waals surface area contributed by atoms with Gasteiger partial charge in [0.15, 0.2) is 0 Å². The van der Waals surface area contributed by atoms with E-state index in [1.54, 1.807) is 17.8 Å². The number of aromatic nitrogens is 2. The van der Waals surface area contributed by atoms with Crippen LogP contribution in [0.3, 0.4) is 0 Å². The van der Waals surface area contributed by atoms with Crippen molar-refractivity contribution < 1.29 is 14.2 Å². The average molecular weight is 250 g/mol. The second kappa shape index (κ2) is 5.18. The molecule has 0 aliphatic carbocycles. The molecular formula is C13H15FN2O2. The number of aryl methyl sites for hydroxylation is 1. The highest BCUT2D eigenvalue weighted by Gasteiger charge is 2.10. The van der Waals surface area contributed by atoms with Gasteiger partial charge in [-0.3, -0.25) is 4.68 Å². The number of benzene rings is 1. The van der Waals surface area contributed by atoms with Crippen LogP contribution in [0, 0.1) is 5.82 Å².